The van der Waals surface area contributed by atoms with Crippen molar-refractivity contribution in [2.75, 3.05) is 0 Å². The largest absolute Gasteiger partial charge is 0.481 e. The maximum atomic E-state index is 11.2. The Morgan fingerprint density at radius 2 is 1.42 bits per heavy atom. The molecule has 2 unspecified atom stereocenters. The van der Waals surface area contributed by atoms with Crippen molar-refractivity contribution in [3.8, 4) is 0 Å². The van der Waals surface area contributed by atoms with E-state index in [0.29, 0.717) is 11.8 Å². The smallest absolute Gasteiger partial charge is 0.307 e. The molecule has 0 aromatic heterocycles. The number of hydrogen-bond donors (Lipinski definition) is 1. The third-order valence-electron chi connectivity index (χ3n) is 5.74. The number of carboxylic acid groups (broad SMARTS) is 1. The molecular formula is C20H22O3Si. The molecule has 4 rings (SSSR count). The van der Waals surface area contributed by atoms with E-state index in [2.05, 4.69) is 55.1 Å². The van der Waals surface area contributed by atoms with Crippen molar-refractivity contribution >= 4 is 24.7 Å². The number of carbonyl (C=O) groups is 1. The summed E-state index contributed by atoms with van der Waals surface area (Å²) >= 11 is 0. The highest BCUT2D eigenvalue weighted by Crippen LogP contribution is 2.58. The highest BCUT2D eigenvalue weighted by Gasteiger charge is 2.60. The van der Waals surface area contributed by atoms with Gasteiger partial charge in [0, 0.05) is 6.10 Å². The van der Waals surface area contributed by atoms with E-state index in [4.69, 9.17) is 4.43 Å². The predicted molar refractivity (Wildman–Crippen MR) is 96.0 cm³/mol. The van der Waals surface area contributed by atoms with Gasteiger partial charge < -0.3 is 9.53 Å². The molecule has 0 bridgehead atoms. The van der Waals surface area contributed by atoms with Crippen LogP contribution >= 0.6 is 0 Å². The van der Waals surface area contributed by atoms with Crippen LogP contribution in [0.5, 0.6) is 0 Å². The second-order valence-corrected chi connectivity index (χ2v) is 10.6. The minimum atomic E-state index is -2.27. The van der Waals surface area contributed by atoms with Crippen LogP contribution in [0, 0.1) is 17.8 Å². The van der Waals surface area contributed by atoms with Gasteiger partial charge in [-0.15, -0.1) is 0 Å². The number of hydrogen-bond acceptors (Lipinski definition) is 2. The molecule has 2 aliphatic rings. The van der Waals surface area contributed by atoms with E-state index in [1.54, 1.807) is 0 Å². The van der Waals surface area contributed by atoms with Gasteiger partial charge >= 0.3 is 5.97 Å². The van der Waals surface area contributed by atoms with Gasteiger partial charge in [-0.3, -0.25) is 4.79 Å². The third-order valence-corrected chi connectivity index (χ3v) is 9.41. The predicted octanol–water partition coefficient (Wildman–Crippen LogP) is 2.50. The van der Waals surface area contributed by atoms with Crippen LogP contribution in [-0.4, -0.2) is 25.5 Å². The molecule has 2 fully saturated rings. The normalized spacial score (nSPS) is 28.4. The van der Waals surface area contributed by atoms with Crippen LogP contribution in [0.15, 0.2) is 60.7 Å². The quantitative estimate of drug-likeness (QED) is 0.852. The van der Waals surface area contributed by atoms with Crippen molar-refractivity contribution in [1.29, 1.82) is 0 Å². The number of benzene rings is 2. The maximum Gasteiger partial charge on any atom is 0.307 e. The topological polar surface area (TPSA) is 46.5 Å². The lowest BCUT2D eigenvalue weighted by Crippen LogP contribution is -2.59. The molecule has 2 aliphatic carbocycles. The summed E-state index contributed by atoms with van der Waals surface area (Å²) < 4.78 is 6.75. The second-order valence-electron chi connectivity index (χ2n) is 7.17. The molecule has 2 aromatic rings. The fourth-order valence-electron chi connectivity index (χ4n) is 4.40. The fraction of sp³-hybridized carbons (Fsp3) is 0.350. The molecular weight excluding hydrogens is 316 g/mol. The first kappa shape index (κ1) is 15.6. The molecule has 24 heavy (non-hydrogen) atoms. The van der Waals surface area contributed by atoms with Crippen molar-refractivity contribution in [2.24, 2.45) is 17.8 Å². The summed E-state index contributed by atoms with van der Waals surface area (Å²) in [6, 6.07) is 21.0. The first-order valence-electron chi connectivity index (χ1n) is 8.61. The Morgan fingerprint density at radius 1 is 0.958 bits per heavy atom. The summed E-state index contributed by atoms with van der Waals surface area (Å²) in [6.07, 6.45) is 1.97. The van der Waals surface area contributed by atoms with Crippen LogP contribution in [-0.2, 0) is 9.22 Å². The van der Waals surface area contributed by atoms with E-state index in [0.717, 1.165) is 12.8 Å². The molecule has 2 aromatic carbocycles. The molecule has 0 spiro atoms. The summed E-state index contributed by atoms with van der Waals surface area (Å²) in [7, 11) is -2.27. The second kappa shape index (κ2) is 5.87. The Labute approximate surface area is 143 Å². The van der Waals surface area contributed by atoms with Crippen LogP contribution < -0.4 is 10.4 Å². The number of aliphatic carboxylic acids is 1. The SMILES string of the molecule is C[Si](OC1C[C@@H]2C(C(=O)O)[C@@H]2C1)(c1ccccc1)c1ccccc1. The van der Waals surface area contributed by atoms with Gasteiger partial charge in [0.05, 0.1) is 5.92 Å². The molecule has 124 valence electrons. The molecule has 0 radical (unpaired) electrons. The Bertz CT molecular complexity index is 680. The van der Waals surface area contributed by atoms with Crippen molar-refractivity contribution < 1.29 is 14.3 Å². The third kappa shape index (κ3) is 2.60. The van der Waals surface area contributed by atoms with Crippen molar-refractivity contribution in [2.45, 2.75) is 25.5 Å². The fourth-order valence-corrected chi connectivity index (χ4v) is 7.52. The van der Waals surface area contributed by atoms with E-state index in [1.165, 1.54) is 10.4 Å². The molecule has 0 amide bonds. The van der Waals surface area contributed by atoms with Crippen molar-refractivity contribution in [1.82, 2.24) is 0 Å². The molecule has 4 atom stereocenters. The minimum Gasteiger partial charge on any atom is -0.481 e. The van der Waals surface area contributed by atoms with E-state index in [9.17, 15) is 9.90 Å². The summed E-state index contributed by atoms with van der Waals surface area (Å²) in [6.45, 7) is 2.26. The van der Waals surface area contributed by atoms with Crippen molar-refractivity contribution in [3.05, 3.63) is 60.7 Å². The lowest BCUT2D eigenvalue weighted by atomic mass is 10.1. The van der Waals surface area contributed by atoms with Gasteiger partial charge in [0.25, 0.3) is 8.32 Å². The van der Waals surface area contributed by atoms with Crippen molar-refractivity contribution in [3.63, 3.8) is 0 Å². The summed E-state index contributed by atoms with van der Waals surface area (Å²) in [4.78, 5) is 11.2. The first-order chi connectivity index (χ1) is 11.6. The lowest BCUT2D eigenvalue weighted by Gasteiger charge is -2.32. The number of carboxylic acids is 1. The van der Waals surface area contributed by atoms with Gasteiger partial charge in [0.2, 0.25) is 0 Å². The lowest BCUT2D eigenvalue weighted by molar-refractivity contribution is -0.139. The zero-order chi connectivity index (χ0) is 16.7. The standard InChI is InChI=1S/C20H22O3Si/c1-24(15-8-4-2-5-9-15,16-10-6-3-7-11-16)23-14-12-17-18(13-14)19(17)20(21)22/h2-11,14,17-19H,12-13H2,1H3,(H,21,22)/t14?,17-,18+,19?. The molecule has 2 saturated carbocycles. The van der Waals surface area contributed by atoms with Gasteiger partial charge in [0.1, 0.15) is 0 Å². The summed E-state index contributed by atoms with van der Waals surface area (Å²) in [5.74, 6) is -0.0876. The highest BCUT2D eigenvalue weighted by atomic mass is 28.4. The molecule has 0 saturated heterocycles. The highest BCUT2D eigenvalue weighted by molar-refractivity contribution is 6.96. The average molecular weight is 338 g/mol. The zero-order valence-corrected chi connectivity index (χ0v) is 14.8. The molecule has 1 N–H and O–H groups in total. The summed E-state index contributed by atoms with van der Waals surface area (Å²) in [5.41, 5.74) is 0. The number of rotatable bonds is 5. The Kier molecular flexibility index (Phi) is 3.81. The Morgan fingerprint density at radius 3 is 1.83 bits per heavy atom. The molecule has 0 aliphatic heterocycles. The Balaban J connectivity index is 1.58. The molecule has 3 nitrogen and oxygen atoms in total. The van der Waals surface area contributed by atoms with E-state index in [-0.39, 0.29) is 12.0 Å². The first-order valence-corrected chi connectivity index (χ1v) is 11.0. The van der Waals surface area contributed by atoms with Crippen LogP contribution in [0.4, 0.5) is 0 Å². The average Bonchev–Trinajstić information content (AvgIpc) is 3.13. The van der Waals surface area contributed by atoms with E-state index < -0.39 is 14.3 Å². The van der Waals surface area contributed by atoms with Crippen LogP contribution in [0.25, 0.3) is 0 Å². The van der Waals surface area contributed by atoms with Gasteiger partial charge in [-0.05, 0) is 41.6 Å². The minimum absolute atomic E-state index is 0.119. The maximum absolute atomic E-state index is 11.2. The monoisotopic (exact) mass is 338 g/mol. The van der Waals surface area contributed by atoms with E-state index in [1.807, 2.05) is 12.1 Å². The Hall–Kier alpha value is -1.91. The van der Waals surface area contributed by atoms with Crippen LogP contribution in [0.1, 0.15) is 12.8 Å². The van der Waals surface area contributed by atoms with Gasteiger partial charge in [0.15, 0.2) is 0 Å². The van der Waals surface area contributed by atoms with Crippen LogP contribution in [0.3, 0.4) is 0 Å². The van der Waals surface area contributed by atoms with E-state index >= 15 is 0 Å². The van der Waals surface area contributed by atoms with Gasteiger partial charge in [-0.2, -0.15) is 0 Å². The van der Waals surface area contributed by atoms with Crippen LogP contribution in [0.2, 0.25) is 6.55 Å². The number of fused-ring (bicyclic) bond motifs is 1. The molecule has 4 heteroatoms. The van der Waals surface area contributed by atoms with Gasteiger partial charge in [-0.1, -0.05) is 60.7 Å². The summed E-state index contributed by atoms with van der Waals surface area (Å²) in [5, 5.41) is 11.7. The zero-order valence-electron chi connectivity index (χ0n) is 13.8. The molecule has 0 heterocycles. The van der Waals surface area contributed by atoms with Gasteiger partial charge in [-0.25, -0.2) is 0 Å².